The number of ether oxygens (including phenoxy) is 1. The van der Waals surface area contributed by atoms with Gasteiger partial charge in [-0.25, -0.2) is 13.4 Å². The molecule has 1 heterocycles. The van der Waals surface area contributed by atoms with Gasteiger partial charge in [-0.15, -0.1) is 0 Å². The molecule has 0 unspecified atom stereocenters. The number of halogens is 1. The topological polar surface area (TPSA) is 56.3 Å². The van der Waals surface area contributed by atoms with Crippen LogP contribution in [0.2, 0.25) is 0 Å². The molecule has 4 nitrogen and oxygen atoms in total. The van der Waals surface area contributed by atoms with Crippen molar-refractivity contribution in [3.8, 4) is 11.6 Å². The third-order valence-electron chi connectivity index (χ3n) is 2.46. The van der Waals surface area contributed by atoms with Crippen LogP contribution in [0.1, 0.15) is 5.56 Å². The molecule has 0 N–H and O–H groups in total. The van der Waals surface area contributed by atoms with Crippen LogP contribution in [0.25, 0.3) is 0 Å². The Hall–Kier alpha value is -1.40. The quantitative estimate of drug-likeness (QED) is 0.858. The second-order valence-corrected chi connectivity index (χ2v) is 7.05. The summed E-state index contributed by atoms with van der Waals surface area (Å²) in [5.41, 5.74) is 0.890. The molecule has 1 aromatic heterocycles. The van der Waals surface area contributed by atoms with Crippen molar-refractivity contribution in [3.63, 3.8) is 0 Å². The molecule has 100 valence electrons. The molecule has 0 aliphatic rings. The lowest BCUT2D eigenvalue weighted by Gasteiger charge is -2.08. The van der Waals surface area contributed by atoms with E-state index in [1.807, 2.05) is 13.0 Å². The fourth-order valence-electron chi connectivity index (χ4n) is 1.50. The number of aromatic nitrogens is 1. The summed E-state index contributed by atoms with van der Waals surface area (Å²) in [7, 11) is -3.18. The highest BCUT2D eigenvalue weighted by Crippen LogP contribution is 2.25. The lowest BCUT2D eigenvalue weighted by molar-refractivity contribution is 0.458. The highest BCUT2D eigenvalue weighted by molar-refractivity contribution is 9.10. The van der Waals surface area contributed by atoms with Crippen molar-refractivity contribution in [3.05, 3.63) is 46.6 Å². The molecule has 2 aromatic rings. The molecule has 6 heteroatoms. The summed E-state index contributed by atoms with van der Waals surface area (Å²) in [4.78, 5) is 4.42. The largest absolute Gasteiger partial charge is 0.439 e. The van der Waals surface area contributed by atoms with Crippen molar-refractivity contribution in [1.82, 2.24) is 4.98 Å². The molecule has 0 saturated heterocycles. The maximum Gasteiger partial charge on any atom is 0.222 e. The first-order valence-corrected chi connectivity index (χ1v) is 8.15. The van der Waals surface area contributed by atoms with E-state index in [0.29, 0.717) is 11.6 Å². The van der Waals surface area contributed by atoms with Crippen molar-refractivity contribution in [2.45, 2.75) is 11.8 Å². The van der Waals surface area contributed by atoms with E-state index in [2.05, 4.69) is 20.9 Å². The summed E-state index contributed by atoms with van der Waals surface area (Å²) in [6.45, 7) is 1.89. The van der Waals surface area contributed by atoms with Gasteiger partial charge in [-0.1, -0.05) is 0 Å². The number of rotatable bonds is 3. The van der Waals surface area contributed by atoms with Crippen LogP contribution in [-0.2, 0) is 9.84 Å². The van der Waals surface area contributed by atoms with E-state index in [1.165, 1.54) is 18.4 Å². The summed E-state index contributed by atoms with van der Waals surface area (Å²) in [6.07, 6.45) is 2.82. The van der Waals surface area contributed by atoms with Gasteiger partial charge >= 0.3 is 0 Å². The van der Waals surface area contributed by atoms with E-state index < -0.39 is 9.84 Å². The van der Waals surface area contributed by atoms with E-state index in [1.54, 1.807) is 18.3 Å². The van der Waals surface area contributed by atoms with Gasteiger partial charge in [-0.05, 0) is 53.2 Å². The van der Waals surface area contributed by atoms with Gasteiger partial charge in [0.2, 0.25) is 5.88 Å². The predicted octanol–water partition coefficient (Wildman–Crippen LogP) is 3.35. The average molecular weight is 342 g/mol. The predicted molar refractivity (Wildman–Crippen MR) is 76.3 cm³/mol. The van der Waals surface area contributed by atoms with Crippen LogP contribution >= 0.6 is 15.9 Å². The monoisotopic (exact) mass is 341 g/mol. The smallest absolute Gasteiger partial charge is 0.222 e. The summed E-state index contributed by atoms with van der Waals surface area (Å²) in [5, 5.41) is 0. The number of aryl methyl sites for hydroxylation is 1. The zero-order valence-corrected chi connectivity index (χ0v) is 12.8. The molecule has 0 spiro atoms. The first kappa shape index (κ1) is 14.0. The van der Waals surface area contributed by atoms with E-state index in [-0.39, 0.29) is 4.90 Å². The number of hydrogen-bond donors (Lipinski definition) is 0. The Morgan fingerprint density at radius 1 is 1.21 bits per heavy atom. The molecular weight excluding hydrogens is 330 g/mol. The molecule has 0 saturated carbocycles. The van der Waals surface area contributed by atoms with Crippen LogP contribution in [-0.4, -0.2) is 19.7 Å². The van der Waals surface area contributed by atoms with Gasteiger partial charge in [-0.3, -0.25) is 0 Å². The summed E-state index contributed by atoms with van der Waals surface area (Å²) in [6, 6.07) is 8.14. The summed E-state index contributed by atoms with van der Waals surface area (Å²) in [5.74, 6) is 1.04. The first-order chi connectivity index (χ1) is 8.86. The number of hydrogen-bond acceptors (Lipinski definition) is 4. The number of benzene rings is 1. The third kappa shape index (κ3) is 3.54. The van der Waals surface area contributed by atoms with Crippen LogP contribution < -0.4 is 4.74 Å². The van der Waals surface area contributed by atoms with Gasteiger partial charge in [0.25, 0.3) is 0 Å². The molecule has 0 amide bonds. The van der Waals surface area contributed by atoms with Crippen LogP contribution in [0.15, 0.2) is 45.9 Å². The zero-order valence-electron chi connectivity index (χ0n) is 10.4. The zero-order chi connectivity index (χ0) is 14.0. The van der Waals surface area contributed by atoms with Gasteiger partial charge in [-0.2, -0.15) is 0 Å². The highest BCUT2D eigenvalue weighted by atomic mass is 79.9. The Morgan fingerprint density at radius 3 is 2.37 bits per heavy atom. The Labute approximate surface area is 120 Å². The number of pyridine rings is 1. The van der Waals surface area contributed by atoms with Crippen molar-refractivity contribution >= 4 is 25.8 Å². The molecule has 2 rings (SSSR count). The van der Waals surface area contributed by atoms with Gasteiger partial charge < -0.3 is 4.74 Å². The van der Waals surface area contributed by atoms with Crippen LogP contribution in [0.4, 0.5) is 0 Å². The van der Waals surface area contributed by atoms with E-state index in [4.69, 9.17) is 4.74 Å². The maximum absolute atomic E-state index is 11.3. The third-order valence-corrected chi connectivity index (χ3v) is 4.03. The molecule has 0 aliphatic carbocycles. The molecular formula is C13H12BrNO3S. The fourth-order valence-corrected chi connectivity index (χ4v) is 2.58. The summed E-state index contributed by atoms with van der Waals surface area (Å²) >= 11 is 3.33. The van der Waals surface area contributed by atoms with Gasteiger partial charge in [0, 0.05) is 22.5 Å². The summed E-state index contributed by atoms with van der Waals surface area (Å²) < 4.78 is 29.2. The molecule has 0 atom stereocenters. The molecule has 19 heavy (non-hydrogen) atoms. The lowest BCUT2D eigenvalue weighted by Crippen LogP contribution is -1.97. The van der Waals surface area contributed by atoms with E-state index in [9.17, 15) is 8.42 Å². The lowest BCUT2D eigenvalue weighted by atomic mass is 10.3. The van der Waals surface area contributed by atoms with E-state index >= 15 is 0 Å². The van der Waals surface area contributed by atoms with Gasteiger partial charge in [0.15, 0.2) is 9.84 Å². The van der Waals surface area contributed by atoms with Gasteiger partial charge in [0.05, 0.1) is 4.90 Å². The Morgan fingerprint density at radius 2 is 1.84 bits per heavy atom. The van der Waals surface area contributed by atoms with Crippen LogP contribution in [0, 0.1) is 6.92 Å². The standard InChI is InChI=1S/C13H12BrNO3S/c1-9-7-10(14)8-15-13(9)18-11-3-5-12(6-4-11)19(2,16)17/h3-8H,1-2H3. The van der Waals surface area contributed by atoms with Crippen molar-refractivity contribution in [2.24, 2.45) is 0 Å². The second-order valence-electron chi connectivity index (χ2n) is 4.12. The van der Waals surface area contributed by atoms with Crippen molar-refractivity contribution < 1.29 is 13.2 Å². The highest BCUT2D eigenvalue weighted by Gasteiger charge is 2.08. The normalized spacial score (nSPS) is 11.3. The van der Waals surface area contributed by atoms with Crippen LogP contribution in [0.3, 0.4) is 0 Å². The molecule has 1 aromatic carbocycles. The number of nitrogens with zero attached hydrogens (tertiary/aromatic N) is 1. The van der Waals surface area contributed by atoms with E-state index in [0.717, 1.165) is 10.0 Å². The van der Waals surface area contributed by atoms with Gasteiger partial charge in [0.1, 0.15) is 5.75 Å². The fraction of sp³-hybridized carbons (Fsp3) is 0.154. The Bertz CT molecular complexity index is 696. The Balaban J connectivity index is 2.25. The van der Waals surface area contributed by atoms with Crippen molar-refractivity contribution in [1.29, 1.82) is 0 Å². The minimum absolute atomic E-state index is 0.264. The minimum atomic E-state index is -3.18. The average Bonchev–Trinajstić information content (AvgIpc) is 2.32. The molecule has 0 bridgehead atoms. The Kier molecular flexibility index (Phi) is 3.91. The SMILES string of the molecule is Cc1cc(Br)cnc1Oc1ccc(S(C)(=O)=O)cc1. The molecule has 0 radical (unpaired) electrons. The first-order valence-electron chi connectivity index (χ1n) is 5.46. The minimum Gasteiger partial charge on any atom is -0.439 e. The maximum atomic E-state index is 11.3. The van der Waals surface area contributed by atoms with Crippen LogP contribution in [0.5, 0.6) is 11.6 Å². The van der Waals surface area contributed by atoms with Crippen molar-refractivity contribution in [2.75, 3.05) is 6.26 Å². The number of sulfone groups is 1. The second kappa shape index (κ2) is 5.30. The molecule has 0 fully saturated rings. The molecule has 0 aliphatic heterocycles.